The van der Waals surface area contributed by atoms with Crippen LogP contribution in [-0.2, 0) is 0 Å². The Bertz CT molecular complexity index is 178. The van der Waals surface area contributed by atoms with Gasteiger partial charge in [0.1, 0.15) is 0 Å². The molecule has 0 aromatic rings. The third-order valence-corrected chi connectivity index (χ3v) is 3.36. The maximum atomic E-state index is 3.79. The van der Waals surface area contributed by atoms with Gasteiger partial charge in [0, 0.05) is 0 Å². The number of hydrogen-bond donors (Lipinski definition) is 0. The summed E-state index contributed by atoms with van der Waals surface area (Å²) in [6, 6.07) is 0. The third-order valence-electron chi connectivity index (χ3n) is 3.36. The van der Waals surface area contributed by atoms with E-state index in [4.69, 9.17) is 0 Å². The molecule has 0 spiro atoms. The Kier molecular flexibility index (Phi) is 16.0. The molecule has 0 atom stereocenters. The lowest BCUT2D eigenvalue weighted by atomic mass is 10.1. The zero-order valence-electron chi connectivity index (χ0n) is 12.3. The van der Waals surface area contributed by atoms with Crippen LogP contribution in [-0.4, -0.2) is 0 Å². The van der Waals surface area contributed by atoms with Crippen molar-refractivity contribution >= 4 is 0 Å². The van der Waals surface area contributed by atoms with Crippen LogP contribution in [0.2, 0.25) is 0 Å². The summed E-state index contributed by atoms with van der Waals surface area (Å²) in [5.74, 6) is 0. The summed E-state index contributed by atoms with van der Waals surface area (Å²) >= 11 is 0. The molecule has 18 heavy (non-hydrogen) atoms. The van der Waals surface area contributed by atoms with Gasteiger partial charge < -0.3 is 0 Å². The van der Waals surface area contributed by atoms with Gasteiger partial charge in [0.15, 0.2) is 0 Å². The van der Waals surface area contributed by atoms with Crippen molar-refractivity contribution < 1.29 is 0 Å². The number of rotatable bonds is 14. The third kappa shape index (κ3) is 15.5. The predicted molar refractivity (Wildman–Crippen MR) is 84.7 cm³/mol. The minimum absolute atomic E-state index is 0.937. The SMILES string of the molecule is [CH2]CC=CCCCCCCCCCCCCC=C. The highest BCUT2D eigenvalue weighted by Gasteiger charge is 1.92. The molecule has 0 nitrogen and oxygen atoms in total. The second kappa shape index (κ2) is 16.5. The highest BCUT2D eigenvalue weighted by atomic mass is 14.0. The average molecular weight is 249 g/mol. The molecular weight excluding hydrogens is 216 g/mol. The zero-order valence-corrected chi connectivity index (χ0v) is 12.3. The van der Waals surface area contributed by atoms with E-state index in [1.807, 2.05) is 6.08 Å². The van der Waals surface area contributed by atoms with E-state index in [0.717, 1.165) is 6.42 Å². The lowest BCUT2D eigenvalue weighted by Crippen LogP contribution is -1.82. The lowest BCUT2D eigenvalue weighted by Gasteiger charge is -2.01. The van der Waals surface area contributed by atoms with Crippen LogP contribution in [0.25, 0.3) is 0 Å². The van der Waals surface area contributed by atoms with Gasteiger partial charge in [0.25, 0.3) is 0 Å². The van der Waals surface area contributed by atoms with Crippen LogP contribution in [0.5, 0.6) is 0 Å². The summed E-state index contributed by atoms with van der Waals surface area (Å²) in [5.41, 5.74) is 0. The van der Waals surface area contributed by atoms with Gasteiger partial charge in [-0.3, -0.25) is 0 Å². The summed E-state index contributed by atoms with van der Waals surface area (Å²) in [7, 11) is 0. The predicted octanol–water partition coefficient (Wildman–Crippen LogP) is 6.63. The molecule has 0 aromatic carbocycles. The van der Waals surface area contributed by atoms with E-state index in [9.17, 15) is 0 Å². The fourth-order valence-electron chi connectivity index (χ4n) is 2.20. The molecule has 0 bridgehead atoms. The molecule has 0 saturated heterocycles. The van der Waals surface area contributed by atoms with Crippen LogP contribution in [0, 0.1) is 6.92 Å². The number of hydrogen-bond acceptors (Lipinski definition) is 0. The van der Waals surface area contributed by atoms with Crippen LogP contribution in [0.4, 0.5) is 0 Å². The van der Waals surface area contributed by atoms with Crippen LogP contribution < -0.4 is 0 Å². The van der Waals surface area contributed by atoms with E-state index in [1.54, 1.807) is 0 Å². The Balaban J connectivity index is 2.94. The smallest absolute Gasteiger partial charge is 0.0351 e. The van der Waals surface area contributed by atoms with Gasteiger partial charge in [0.2, 0.25) is 0 Å². The van der Waals surface area contributed by atoms with E-state index in [2.05, 4.69) is 25.7 Å². The van der Waals surface area contributed by atoms with Crippen molar-refractivity contribution in [2.45, 2.75) is 83.5 Å². The molecule has 0 fully saturated rings. The zero-order chi connectivity index (χ0) is 13.3. The fraction of sp³-hybridized carbons (Fsp3) is 0.722. The molecule has 0 aromatic heterocycles. The van der Waals surface area contributed by atoms with Gasteiger partial charge in [-0.2, -0.15) is 0 Å². The van der Waals surface area contributed by atoms with Crippen molar-refractivity contribution in [2.75, 3.05) is 0 Å². The molecule has 105 valence electrons. The van der Waals surface area contributed by atoms with Crippen molar-refractivity contribution in [3.05, 3.63) is 31.7 Å². The molecule has 0 amide bonds. The molecule has 0 unspecified atom stereocenters. The molecule has 0 aliphatic carbocycles. The van der Waals surface area contributed by atoms with E-state index in [0.29, 0.717) is 0 Å². The van der Waals surface area contributed by atoms with Gasteiger partial charge in [-0.15, -0.1) is 6.58 Å². The van der Waals surface area contributed by atoms with Crippen molar-refractivity contribution in [1.29, 1.82) is 0 Å². The van der Waals surface area contributed by atoms with Gasteiger partial charge in [0.05, 0.1) is 0 Å². The van der Waals surface area contributed by atoms with Crippen molar-refractivity contribution in [3.63, 3.8) is 0 Å². The van der Waals surface area contributed by atoms with Crippen LogP contribution in [0.3, 0.4) is 0 Å². The Morgan fingerprint density at radius 2 is 1.00 bits per heavy atom. The first-order chi connectivity index (χ1) is 8.91. The Morgan fingerprint density at radius 3 is 1.44 bits per heavy atom. The highest BCUT2D eigenvalue weighted by molar-refractivity contribution is 4.81. The second-order valence-electron chi connectivity index (χ2n) is 5.16. The van der Waals surface area contributed by atoms with E-state index in [1.165, 1.54) is 77.0 Å². The average Bonchev–Trinajstić information content (AvgIpc) is 2.39. The molecule has 0 saturated carbocycles. The van der Waals surface area contributed by atoms with E-state index in [-0.39, 0.29) is 0 Å². The molecule has 0 aliphatic heterocycles. The fourth-order valence-corrected chi connectivity index (χ4v) is 2.20. The Labute approximate surface area is 116 Å². The summed E-state index contributed by atoms with van der Waals surface area (Å²) in [6.07, 6.45) is 24.0. The maximum Gasteiger partial charge on any atom is -0.0351 e. The first-order valence-corrected chi connectivity index (χ1v) is 7.97. The lowest BCUT2D eigenvalue weighted by molar-refractivity contribution is 0.553. The maximum absolute atomic E-state index is 3.79. The molecule has 0 heterocycles. The number of unbranched alkanes of at least 4 members (excludes halogenated alkanes) is 11. The van der Waals surface area contributed by atoms with Crippen molar-refractivity contribution in [2.24, 2.45) is 0 Å². The first kappa shape index (κ1) is 17.5. The quantitative estimate of drug-likeness (QED) is 0.239. The molecular formula is C18H33. The summed E-state index contributed by atoms with van der Waals surface area (Å²) in [5, 5.41) is 0. The largest absolute Gasteiger partial charge is 0.103 e. The topological polar surface area (TPSA) is 0 Å². The van der Waals surface area contributed by atoms with Crippen LogP contribution >= 0.6 is 0 Å². The van der Waals surface area contributed by atoms with Crippen molar-refractivity contribution in [1.82, 2.24) is 0 Å². The number of allylic oxidation sites excluding steroid dienone is 3. The Hall–Kier alpha value is -0.520. The van der Waals surface area contributed by atoms with Crippen LogP contribution in [0.15, 0.2) is 24.8 Å². The second-order valence-corrected chi connectivity index (χ2v) is 5.16. The minimum atomic E-state index is 0.937. The normalized spacial score (nSPS) is 11.2. The minimum Gasteiger partial charge on any atom is -0.103 e. The van der Waals surface area contributed by atoms with Crippen molar-refractivity contribution in [3.8, 4) is 0 Å². The molecule has 1 radical (unpaired) electrons. The summed E-state index contributed by atoms with van der Waals surface area (Å²) in [4.78, 5) is 0. The van der Waals surface area contributed by atoms with Gasteiger partial charge in [-0.05, 0) is 39.0 Å². The molecule has 0 N–H and O–H groups in total. The molecule has 0 aliphatic rings. The van der Waals surface area contributed by atoms with Gasteiger partial charge in [-0.1, -0.05) is 69.6 Å². The standard InChI is InChI=1S/C18H33/c1-3-5-7-9-11-13-15-17-18-16-14-12-10-8-6-4-2/h3,6,8H,1-2,4-5,7,9-18H2. The van der Waals surface area contributed by atoms with E-state index < -0.39 is 0 Å². The first-order valence-electron chi connectivity index (χ1n) is 7.97. The molecule has 0 rings (SSSR count). The summed E-state index contributed by atoms with van der Waals surface area (Å²) in [6.45, 7) is 7.55. The van der Waals surface area contributed by atoms with Gasteiger partial charge in [-0.25, -0.2) is 0 Å². The van der Waals surface area contributed by atoms with E-state index >= 15 is 0 Å². The monoisotopic (exact) mass is 249 g/mol. The molecule has 0 heteroatoms. The Morgan fingerprint density at radius 1 is 0.556 bits per heavy atom. The highest BCUT2D eigenvalue weighted by Crippen LogP contribution is 2.12. The summed E-state index contributed by atoms with van der Waals surface area (Å²) < 4.78 is 0. The van der Waals surface area contributed by atoms with Crippen LogP contribution in [0.1, 0.15) is 83.5 Å². The van der Waals surface area contributed by atoms with Gasteiger partial charge >= 0.3 is 0 Å².